The molecule has 1 atom stereocenters. The molecule has 0 fully saturated rings. The van der Waals surface area contributed by atoms with E-state index < -0.39 is 16.1 Å². The first-order valence-corrected chi connectivity index (χ1v) is 14.7. The minimum Gasteiger partial charge on any atom is -0.0867 e. The van der Waals surface area contributed by atoms with Gasteiger partial charge >= 0.3 is 0 Å². The summed E-state index contributed by atoms with van der Waals surface area (Å²) in [6.07, 6.45) is 0. The van der Waals surface area contributed by atoms with E-state index in [4.69, 9.17) is 0 Å². The van der Waals surface area contributed by atoms with Crippen LogP contribution in [0.2, 0.25) is 31.7 Å². The fourth-order valence-electron chi connectivity index (χ4n) is 4.01. The average molecular weight is 337 g/mol. The van der Waals surface area contributed by atoms with Crippen molar-refractivity contribution in [3.05, 3.63) is 71.9 Å². The first-order chi connectivity index (χ1) is 10.9. The van der Waals surface area contributed by atoms with E-state index >= 15 is 0 Å². The van der Waals surface area contributed by atoms with Gasteiger partial charge in [-0.2, -0.15) is 0 Å². The van der Waals surface area contributed by atoms with Gasteiger partial charge in [0, 0.05) is 8.07 Å². The highest BCUT2D eigenvalue weighted by Gasteiger charge is 2.42. The van der Waals surface area contributed by atoms with Gasteiger partial charge in [-0.15, -0.1) is 0 Å². The molecule has 0 radical (unpaired) electrons. The van der Waals surface area contributed by atoms with Crippen LogP contribution in [0.25, 0.3) is 0 Å². The maximum atomic E-state index is 2.75. The molecule has 23 heavy (non-hydrogen) atoms. The van der Waals surface area contributed by atoms with Crippen molar-refractivity contribution in [1.82, 2.24) is 0 Å². The predicted octanol–water partition coefficient (Wildman–Crippen LogP) is 4.70. The van der Waals surface area contributed by atoms with Gasteiger partial charge in [-0.05, 0) is 28.4 Å². The normalized spacial score (nSPS) is 20.3. The summed E-state index contributed by atoms with van der Waals surface area (Å²) in [5.74, 6) is 0.730. The second kappa shape index (κ2) is 6.25. The summed E-state index contributed by atoms with van der Waals surface area (Å²) in [6, 6.07) is 25.3. The lowest BCUT2D eigenvalue weighted by Gasteiger charge is -2.27. The number of benzene rings is 2. The van der Waals surface area contributed by atoms with Crippen LogP contribution in [0.1, 0.15) is 6.92 Å². The van der Waals surface area contributed by atoms with Gasteiger partial charge in [0.2, 0.25) is 0 Å². The quantitative estimate of drug-likeness (QED) is 0.710. The highest BCUT2D eigenvalue weighted by molar-refractivity contribution is 7.06. The Morgan fingerprint density at radius 1 is 0.870 bits per heavy atom. The number of hydrogen-bond donors (Lipinski definition) is 0. The van der Waals surface area contributed by atoms with Gasteiger partial charge in [0.25, 0.3) is 0 Å². The largest absolute Gasteiger partial charge is 0.141 e. The van der Waals surface area contributed by atoms with Gasteiger partial charge < -0.3 is 0 Å². The maximum absolute atomic E-state index is 2.75. The van der Waals surface area contributed by atoms with Gasteiger partial charge in [0.05, 0.1) is 0 Å². The van der Waals surface area contributed by atoms with E-state index in [9.17, 15) is 0 Å². The molecule has 2 aromatic carbocycles. The van der Waals surface area contributed by atoms with Crippen molar-refractivity contribution in [1.29, 1.82) is 0 Å². The fraction of sp³-hybridized carbons (Fsp3) is 0.333. The Morgan fingerprint density at radius 2 is 1.35 bits per heavy atom. The Hall–Kier alpha value is -1.39. The van der Waals surface area contributed by atoms with E-state index in [0.29, 0.717) is 0 Å². The van der Waals surface area contributed by atoms with Crippen LogP contribution in [0.4, 0.5) is 0 Å². The highest BCUT2D eigenvalue weighted by Crippen LogP contribution is 2.37. The first kappa shape index (κ1) is 16.5. The Labute approximate surface area is 143 Å². The van der Waals surface area contributed by atoms with Crippen LogP contribution in [0.15, 0.2) is 71.9 Å². The zero-order valence-electron chi connectivity index (χ0n) is 14.8. The van der Waals surface area contributed by atoms with Crippen molar-refractivity contribution in [2.45, 2.75) is 38.7 Å². The van der Waals surface area contributed by atoms with Crippen LogP contribution in [-0.4, -0.2) is 16.1 Å². The topological polar surface area (TPSA) is 0 Å². The Bertz CT molecular complexity index is 641. The third-order valence-corrected chi connectivity index (χ3v) is 11.3. The third-order valence-electron chi connectivity index (χ3n) is 5.01. The van der Waals surface area contributed by atoms with Crippen molar-refractivity contribution in [2.75, 3.05) is 0 Å². The second-order valence-corrected chi connectivity index (χ2v) is 17.5. The maximum Gasteiger partial charge on any atom is 0.141 e. The molecule has 2 heteroatoms. The third kappa shape index (κ3) is 3.43. The lowest BCUT2D eigenvalue weighted by molar-refractivity contribution is 0.774. The van der Waals surface area contributed by atoms with Gasteiger partial charge in [0.15, 0.2) is 0 Å². The van der Waals surface area contributed by atoms with E-state index in [1.807, 2.05) is 0 Å². The van der Waals surface area contributed by atoms with Crippen LogP contribution in [0.3, 0.4) is 0 Å². The lowest BCUT2D eigenvalue weighted by Crippen LogP contribution is -2.55. The number of allylic oxidation sites excluding steroid dienone is 1. The molecule has 0 saturated carbocycles. The molecule has 1 unspecified atom stereocenters. The van der Waals surface area contributed by atoms with Gasteiger partial charge in [-0.3, -0.25) is 0 Å². The summed E-state index contributed by atoms with van der Waals surface area (Å²) >= 11 is 0. The minimum absolute atomic E-state index is 0.730. The van der Waals surface area contributed by atoms with Crippen LogP contribution in [-0.2, 0) is 0 Å². The Balaban J connectivity index is 2.12. The van der Waals surface area contributed by atoms with E-state index in [1.54, 1.807) is 15.9 Å². The second-order valence-electron chi connectivity index (χ2n) is 8.27. The molecule has 0 spiro atoms. The molecule has 0 saturated heterocycles. The van der Waals surface area contributed by atoms with Gasteiger partial charge in [-0.1, -0.05) is 98.5 Å². The summed E-state index contributed by atoms with van der Waals surface area (Å²) in [7, 11) is -2.82. The molecule has 2 aromatic rings. The SMILES string of the molecule is CC1C[Si](c2ccccc2)(c2ccccc2)C=C1C[Si](C)(C)C. The molecule has 1 aliphatic rings. The summed E-state index contributed by atoms with van der Waals surface area (Å²) in [6.45, 7) is 9.93. The zero-order chi connectivity index (χ0) is 16.5. The molecule has 120 valence electrons. The molecule has 0 amide bonds. The lowest BCUT2D eigenvalue weighted by atomic mass is 10.1. The van der Waals surface area contributed by atoms with Crippen molar-refractivity contribution in [3.8, 4) is 0 Å². The molecule has 0 nitrogen and oxygen atoms in total. The summed E-state index contributed by atoms with van der Waals surface area (Å²) in [4.78, 5) is 0. The van der Waals surface area contributed by atoms with E-state index in [0.717, 1.165) is 5.92 Å². The molecular formula is C21H28Si2. The van der Waals surface area contributed by atoms with E-state index in [1.165, 1.54) is 12.1 Å². The molecule has 0 aliphatic carbocycles. The molecule has 3 rings (SSSR count). The monoisotopic (exact) mass is 336 g/mol. The summed E-state index contributed by atoms with van der Waals surface area (Å²) in [5.41, 5.74) is 4.49. The first-order valence-electron chi connectivity index (χ1n) is 8.73. The van der Waals surface area contributed by atoms with E-state index in [-0.39, 0.29) is 0 Å². The number of rotatable bonds is 4. The molecule has 0 N–H and O–H groups in total. The van der Waals surface area contributed by atoms with Crippen LogP contribution in [0, 0.1) is 5.92 Å². The van der Waals surface area contributed by atoms with Crippen molar-refractivity contribution in [3.63, 3.8) is 0 Å². The van der Waals surface area contributed by atoms with Gasteiger partial charge in [0.1, 0.15) is 8.07 Å². The summed E-state index contributed by atoms with van der Waals surface area (Å²) < 4.78 is 0. The molecule has 0 bridgehead atoms. The molecule has 0 aromatic heterocycles. The predicted molar refractivity (Wildman–Crippen MR) is 108 cm³/mol. The Morgan fingerprint density at radius 3 is 1.78 bits per heavy atom. The van der Waals surface area contributed by atoms with Gasteiger partial charge in [-0.25, -0.2) is 0 Å². The molecular weight excluding hydrogens is 308 g/mol. The molecule has 1 heterocycles. The smallest absolute Gasteiger partial charge is 0.0867 e. The Kier molecular flexibility index (Phi) is 4.48. The zero-order valence-corrected chi connectivity index (χ0v) is 16.8. The standard InChI is InChI=1S/C21H28Si2/c1-18-15-23(20-11-7-5-8-12-20,21-13-9-6-10-14-21)17-19(18)16-22(2,3)4/h5-14,17-18H,15-16H2,1-4H3. The van der Waals surface area contributed by atoms with Crippen LogP contribution in [0.5, 0.6) is 0 Å². The van der Waals surface area contributed by atoms with Crippen LogP contribution >= 0.6 is 0 Å². The average Bonchev–Trinajstić information content (AvgIpc) is 2.85. The van der Waals surface area contributed by atoms with Crippen molar-refractivity contribution < 1.29 is 0 Å². The number of hydrogen-bond acceptors (Lipinski definition) is 0. The fourth-order valence-corrected chi connectivity index (χ4v) is 11.0. The van der Waals surface area contributed by atoms with E-state index in [2.05, 4.69) is 92.9 Å². The molecule has 1 aliphatic heterocycles. The minimum atomic E-state index is -1.75. The van der Waals surface area contributed by atoms with Crippen LogP contribution < -0.4 is 10.4 Å². The highest BCUT2D eigenvalue weighted by atomic mass is 28.3. The van der Waals surface area contributed by atoms with Crippen molar-refractivity contribution >= 4 is 26.5 Å². The summed E-state index contributed by atoms with van der Waals surface area (Å²) in [5, 5.41) is 3.15. The van der Waals surface area contributed by atoms with Crippen molar-refractivity contribution in [2.24, 2.45) is 5.92 Å².